The molecule has 1 N–H and O–H groups in total. The molecule has 0 unspecified atom stereocenters. The normalized spacial score (nSPS) is 10.1. The molecule has 2 aromatic rings. The quantitative estimate of drug-likeness (QED) is 0.880. The predicted octanol–water partition coefficient (Wildman–Crippen LogP) is 1.19. The fourth-order valence-corrected chi connectivity index (χ4v) is 1.53. The number of pyridine rings is 2. The molecule has 2 aromatic heterocycles. The average molecular weight is 243 g/mol. The van der Waals surface area contributed by atoms with Crippen LogP contribution in [0, 0.1) is 6.92 Å². The topological polar surface area (TPSA) is 64.0 Å². The van der Waals surface area contributed by atoms with Gasteiger partial charge >= 0.3 is 0 Å². The lowest BCUT2D eigenvalue weighted by Gasteiger charge is -2.06. The Hall–Kier alpha value is -2.43. The molecule has 5 heteroatoms. The van der Waals surface area contributed by atoms with E-state index in [1.807, 2.05) is 13.0 Å². The number of hydrogen-bond donors (Lipinski definition) is 1. The van der Waals surface area contributed by atoms with Crippen LogP contribution in [0.2, 0.25) is 0 Å². The van der Waals surface area contributed by atoms with E-state index in [1.165, 1.54) is 10.6 Å². The van der Waals surface area contributed by atoms with Crippen LogP contribution < -0.4 is 10.9 Å². The van der Waals surface area contributed by atoms with E-state index in [0.29, 0.717) is 5.82 Å². The summed E-state index contributed by atoms with van der Waals surface area (Å²) in [5.41, 5.74) is 0.807. The number of carbonyl (C=O) groups excluding carboxylic acids is 1. The molecule has 0 fully saturated rings. The third-order valence-electron chi connectivity index (χ3n) is 2.40. The van der Waals surface area contributed by atoms with Gasteiger partial charge in [0.1, 0.15) is 12.4 Å². The number of aromatic nitrogens is 2. The highest BCUT2D eigenvalue weighted by Gasteiger charge is 2.05. The zero-order chi connectivity index (χ0) is 13.0. The summed E-state index contributed by atoms with van der Waals surface area (Å²) in [5, 5.41) is 2.65. The minimum Gasteiger partial charge on any atom is -0.309 e. The molecular formula is C13H13N3O2. The van der Waals surface area contributed by atoms with Crippen molar-refractivity contribution in [3.63, 3.8) is 0 Å². The zero-order valence-corrected chi connectivity index (χ0v) is 9.96. The molecule has 1 amide bonds. The molecule has 0 saturated heterocycles. The number of amides is 1. The van der Waals surface area contributed by atoms with Crippen molar-refractivity contribution in [2.45, 2.75) is 13.5 Å². The Balaban J connectivity index is 2.06. The molecule has 0 saturated carbocycles. The van der Waals surface area contributed by atoms with Gasteiger partial charge < -0.3 is 9.88 Å². The lowest BCUT2D eigenvalue weighted by molar-refractivity contribution is -0.116. The van der Waals surface area contributed by atoms with E-state index in [4.69, 9.17) is 0 Å². The maximum atomic E-state index is 11.7. The Morgan fingerprint density at radius 1 is 1.39 bits per heavy atom. The van der Waals surface area contributed by atoms with Crippen LogP contribution in [-0.4, -0.2) is 15.5 Å². The van der Waals surface area contributed by atoms with Gasteiger partial charge in [0.2, 0.25) is 5.91 Å². The maximum Gasteiger partial charge on any atom is 0.250 e. The van der Waals surface area contributed by atoms with E-state index in [9.17, 15) is 9.59 Å². The first-order valence-electron chi connectivity index (χ1n) is 5.53. The molecule has 0 bridgehead atoms. The van der Waals surface area contributed by atoms with Gasteiger partial charge in [-0.05, 0) is 30.7 Å². The second kappa shape index (κ2) is 5.27. The van der Waals surface area contributed by atoms with Gasteiger partial charge in [-0.25, -0.2) is 4.98 Å². The van der Waals surface area contributed by atoms with E-state index >= 15 is 0 Å². The number of nitrogens with one attached hydrogen (secondary N) is 1. The SMILES string of the molecule is Cc1ccnc(NC(=O)Cn2ccccc2=O)c1. The molecule has 5 nitrogen and oxygen atoms in total. The fourth-order valence-electron chi connectivity index (χ4n) is 1.53. The van der Waals surface area contributed by atoms with Gasteiger partial charge in [-0.3, -0.25) is 9.59 Å². The Morgan fingerprint density at radius 3 is 2.94 bits per heavy atom. The van der Waals surface area contributed by atoms with Gasteiger partial charge in [-0.15, -0.1) is 0 Å². The second-order valence-electron chi connectivity index (χ2n) is 3.93. The van der Waals surface area contributed by atoms with Gasteiger partial charge in [0.25, 0.3) is 5.56 Å². The van der Waals surface area contributed by atoms with Crippen molar-refractivity contribution in [3.05, 3.63) is 58.6 Å². The van der Waals surface area contributed by atoms with Gasteiger partial charge in [-0.1, -0.05) is 6.07 Å². The first-order valence-corrected chi connectivity index (χ1v) is 5.53. The number of rotatable bonds is 3. The van der Waals surface area contributed by atoms with E-state index in [0.717, 1.165) is 5.56 Å². The van der Waals surface area contributed by atoms with Gasteiger partial charge in [0.15, 0.2) is 0 Å². The van der Waals surface area contributed by atoms with Crippen LogP contribution in [0.4, 0.5) is 5.82 Å². The molecular weight excluding hydrogens is 230 g/mol. The Bertz CT molecular complexity index is 619. The summed E-state index contributed by atoms with van der Waals surface area (Å²) in [7, 11) is 0. The predicted molar refractivity (Wildman–Crippen MR) is 68.3 cm³/mol. The molecule has 0 aromatic carbocycles. The third-order valence-corrected chi connectivity index (χ3v) is 2.40. The fraction of sp³-hybridized carbons (Fsp3) is 0.154. The van der Waals surface area contributed by atoms with Crippen LogP contribution in [0.15, 0.2) is 47.5 Å². The van der Waals surface area contributed by atoms with Gasteiger partial charge in [0, 0.05) is 18.5 Å². The highest BCUT2D eigenvalue weighted by molar-refractivity contribution is 5.89. The zero-order valence-electron chi connectivity index (χ0n) is 9.96. The number of nitrogens with zero attached hydrogens (tertiary/aromatic N) is 2. The van der Waals surface area contributed by atoms with Crippen LogP contribution in [0.1, 0.15) is 5.56 Å². The molecule has 18 heavy (non-hydrogen) atoms. The lowest BCUT2D eigenvalue weighted by atomic mass is 10.3. The summed E-state index contributed by atoms with van der Waals surface area (Å²) in [5.74, 6) is 0.213. The van der Waals surface area contributed by atoms with Crippen molar-refractivity contribution in [3.8, 4) is 0 Å². The van der Waals surface area contributed by atoms with Crippen molar-refractivity contribution in [1.29, 1.82) is 0 Å². The van der Waals surface area contributed by atoms with Gasteiger partial charge in [0.05, 0.1) is 0 Å². The second-order valence-corrected chi connectivity index (χ2v) is 3.93. The standard InChI is InChI=1S/C13H13N3O2/c1-10-5-6-14-11(8-10)15-12(17)9-16-7-3-2-4-13(16)18/h2-8H,9H2,1H3,(H,14,15,17). The molecule has 0 spiro atoms. The van der Waals surface area contributed by atoms with Crippen molar-refractivity contribution in [2.75, 3.05) is 5.32 Å². The summed E-state index contributed by atoms with van der Waals surface area (Å²) >= 11 is 0. The lowest BCUT2D eigenvalue weighted by Crippen LogP contribution is -2.26. The molecule has 2 rings (SSSR count). The maximum absolute atomic E-state index is 11.7. The molecule has 0 atom stereocenters. The summed E-state index contributed by atoms with van der Waals surface area (Å²) in [4.78, 5) is 27.2. The summed E-state index contributed by atoms with van der Waals surface area (Å²) in [6, 6.07) is 8.37. The third kappa shape index (κ3) is 3.04. The van der Waals surface area contributed by atoms with Crippen molar-refractivity contribution >= 4 is 11.7 Å². The highest BCUT2D eigenvalue weighted by Crippen LogP contribution is 2.04. The first-order chi connectivity index (χ1) is 8.65. The van der Waals surface area contributed by atoms with E-state index in [-0.39, 0.29) is 18.0 Å². The van der Waals surface area contributed by atoms with Crippen LogP contribution in [-0.2, 0) is 11.3 Å². The monoisotopic (exact) mass is 243 g/mol. The Morgan fingerprint density at radius 2 is 2.22 bits per heavy atom. The Labute approximate surface area is 104 Å². The summed E-state index contributed by atoms with van der Waals surface area (Å²) in [6.07, 6.45) is 3.20. The molecule has 0 aliphatic rings. The molecule has 2 heterocycles. The van der Waals surface area contributed by atoms with Crippen LogP contribution >= 0.6 is 0 Å². The smallest absolute Gasteiger partial charge is 0.250 e. The number of carbonyl (C=O) groups is 1. The minimum atomic E-state index is -0.276. The van der Waals surface area contributed by atoms with Crippen LogP contribution in [0.5, 0.6) is 0 Å². The van der Waals surface area contributed by atoms with Crippen molar-refractivity contribution < 1.29 is 4.79 Å². The minimum absolute atomic E-state index is 0.0186. The largest absolute Gasteiger partial charge is 0.309 e. The van der Waals surface area contributed by atoms with Crippen LogP contribution in [0.3, 0.4) is 0 Å². The highest BCUT2D eigenvalue weighted by atomic mass is 16.2. The van der Waals surface area contributed by atoms with E-state index < -0.39 is 0 Å². The summed E-state index contributed by atoms with van der Waals surface area (Å²) < 4.78 is 1.34. The average Bonchev–Trinajstić information content (AvgIpc) is 2.32. The Kier molecular flexibility index (Phi) is 3.52. The van der Waals surface area contributed by atoms with Crippen molar-refractivity contribution in [1.82, 2.24) is 9.55 Å². The number of hydrogen-bond acceptors (Lipinski definition) is 3. The van der Waals surface area contributed by atoms with E-state index in [1.54, 1.807) is 30.6 Å². The number of aryl methyl sites for hydroxylation is 1. The summed E-state index contributed by atoms with van der Waals surface area (Å²) in [6.45, 7) is 1.90. The van der Waals surface area contributed by atoms with Crippen molar-refractivity contribution in [2.24, 2.45) is 0 Å². The van der Waals surface area contributed by atoms with E-state index in [2.05, 4.69) is 10.3 Å². The van der Waals surface area contributed by atoms with Crippen LogP contribution in [0.25, 0.3) is 0 Å². The molecule has 0 aliphatic heterocycles. The number of anilines is 1. The molecule has 0 aliphatic carbocycles. The van der Waals surface area contributed by atoms with Gasteiger partial charge in [-0.2, -0.15) is 0 Å². The molecule has 0 radical (unpaired) electrons. The first kappa shape index (κ1) is 12.0. The molecule has 92 valence electrons.